The summed E-state index contributed by atoms with van der Waals surface area (Å²) in [7, 11) is -1.95. The van der Waals surface area contributed by atoms with Crippen LogP contribution >= 0.6 is 10.5 Å². The lowest BCUT2D eigenvalue weighted by Crippen LogP contribution is -2.30. The van der Waals surface area contributed by atoms with Crippen LogP contribution in [-0.4, -0.2) is 23.1 Å². The van der Waals surface area contributed by atoms with Crippen LogP contribution in [0.25, 0.3) is 0 Å². The molecule has 0 fully saturated rings. The molecule has 2 amide bonds. The topological polar surface area (TPSA) is 75.3 Å². The predicted molar refractivity (Wildman–Crippen MR) is 34.8 cm³/mol. The van der Waals surface area contributed by atoms with Gasteiger partial charge in [0.15, 0.2) is 0 Å². The van der Waals surface area contributed by atoms with Gasteiger partial charge in [0.25, 0.3) is 0 Å². The fraction of sp³-hybridized carbons (Fsp3) is 0.667. The van der Waals surface area contributed by atoms with Crippen molar-refractivity contribution >= 4 is 16.5 Å². The third-order valence-electron chi connectivity index (χ3n) is 0.350. The predicted octanol–water partition coefficient (Wildman–Crippen LogP) is 0.107. The molecular formula is C3H10N2O2S. The van der Waals surface area contributed by atoms with E-state index in [0.29, 0.717) is 0 Å². The van der Waals surface area contributed by atoms with E-state index in [2.05, 4.69) is 10.5 Å². The van der Waals surface area contributed by atoms with E-state index in [1.165, 1.54) is 12.5 Å². The molecule has 0 aromatic carbocycles. The van der Waals surface area contributed by atoms with Crippen molar-refractivity contribution in [2.24, 2.45) is 5.73 Å². The maximum Gasteiger partial charge on any atom is 0.322 e. The molecule has 0 aromatic heterocycles. The summed E-state index contributed by atoms with van der Waals surface area (Å²) >= 11 is 0. The van der Waals surface area contributed by atoms with E-state index >= 15 is 0 Å². The van der Waals surface area contributed by atoms with Crippen molar-refractivity contribution in [1.82, 2.24) is 4.72 Å². The van der Waals surface area contributed by atoms with Gasteiger partial charge in [0, 0.05) is 12.5 Å². The Balaban J connectivity index is 3.55. The highest BCUT2D eigenvalue weighted by molar-refractivity contribution is 8.26. The van der Waals surface area contributed by atoms with Gasteiger partial charge in [-0.25, -0.2) is 4.79 Å². The van der Waals surface area contributed by atoms with Crippen LogP contribution in [0.1, 0.15) is 0 Å². The monoisotopic (exact) mass is 138 g/mol. The first kappa shape index (κ1) is 7.58. The summed E-state index contributed by atoms with van der Waals surface area (Å²) in [6.45, 7) is 0. The number of amides is 2. The third kappa shape index (κ3) is 5.58. The maximum atomic E-state index is 9.99. The molecule has 4 nitrogen and oxygen atoms in total. The molecule has 8 heavy (non-hydrogen) atoms. The van der Waals surface area contributed by atoms with Crippen molar-refractivity contribution in [3.63, 3.8) is 0 Å². The van der Waals surface area contributed by atoms with Gasteiger partial charge in [0.1, 0.15) is 0 Å². The number of carbonyl (C=O) groups excluding carboxylic acids is 1. The van der Waals surface area contributed by atoms with Crippen molar-refractivity contribution in [3.05, 3.63) is 0 Å². The Kier molecular flexibility index (Phi) is 2.12. The zero-order chi connectivity index (χ0) is 6.78. The standard InChI is InChI=1S/C3H10N2O2S/c1-8(2,7)5-3(4)6/h7H,1-2H3,(H3,4,5,6). The fourth-order valence-electron chi connectivity index (χ4n) is 0.246. The maximum absolute atomic E-state index is 9.99. The lowest BCUT2D eigenvalue weighted by Gasteiger charge is -2.22. The van der Waals surface area contributed by atoms with Crippen LogP contribution < -0.4 is 10.5 Å². The molecule has 0 spiro atoms. The van der Waals surface area contributed by atoms with E-state index in [9.17, 15) is 4.79 Å². The van der Waals surface area contributed by atoms with E-state index in [4.69, 9.17) is 4.55 Å². The number of primary amides is 1. The Labute approximate surface area is 49.7 Å². The second-order valence-corrected chi connectivity index (χ2v) is 4.49. The van der Waals surface area contributed by atoms with Crippen LogP contribution in [0.2, 0.25) is 0 Å². The Morgan fingerprint density at radius 1 is 1.75 bits per heavy atom. The summed E-state index contributed by atoms with van der Waals surface area (Å²) in [4.78, 5) is 9.99. The van der Waals surface area contributed by atoms with Gasteiger partial charge in [-0.1, -0.05) is 10.5 Å². The molecule has 0 rings (SSSR count). The second-order valence-electron chi connectivity index (χ2n) is 1.74. The molecule has 0 aromatic rings. The van der Waals surface area contributed by atoms with Gasteiger partial charge in [0.2, 0.25) is 0 Å². The molecule has 50 valence electrons. The van der Waals surface area contributed by atoms with Gasteiger partial charge in [-0.3, -0.25) is 4.72 Å². The molecule has 0 atom stereocenters. The van der Waals surface area contributed by atoms with Gasteiger partial charge in [-0.2, -0.15) is 0 Å². The van der Waals surface area contributed by atoms with Crippen LogP contribution in [-0.2, 0) is 0 Å². The van der Waals surface area contributed by atoms with Gasteiger partial charge < -0.3 is 10.3 Å². The highest BCUT2D eigenvalue weighted by Crippen LogP contribution is 2.26. The van der Waals surface area contributed by atoms with Crippen LogP contribution in [0.3, 0.4) is 0 Å². The first-order valence-corrected chi connectivity index (χ1v) is 4.35. The van der Waals surface area contributed by atoms with Crippen LogP contribution in [0.5, 0.6) is 0 Å². The number of urea groups is 1. The first-order chi connectivity index (χ1) is 3.42. The fourth-order valence-corrected chi connectivity index (χ4v) is 0.739. The number of rotatable bonds is 1. The SMILES string of the molecule is CS(C)(O)NC(N)=O. The minimum absolute atomic E-state index is 0.687. The number of nitrogens with two attached hydrogens (primary N) is 1. The molecule has 0 saturated heterocycles. The Hall–Kier alpha value is -0.420. The number of carbonyl (C=O) groups is 1. The highest BCUT2D eigenvalue weighted by Gasteiger charge is 2.05. The number of nitrogens with one attached hydrogen (secondary N) is 1. The number of hydrogen-bond donors (Lipinski definition) is 3. The van der Waals surface area contributed by atoms with Crippen LogP contribution in [0.4, 0.5) is 4.79 Å². The normalized spacial score (nSPS) is 12.9. The minimum atomic E-state index is -1.95. The summed E-state index contributed by atoms with van der Waals surface area (Å²) in [6.07, 6.45) is 3.02. The van der Waals surface area contributed by atoms with E-state index in [0.717, 1.165) is 0 Å². The van der Waals surface area contributed by atoms with E-state index < -0.39 is 16.5 Å². The van der Waals surface area contributed by atoms with Crippen molar-refractivity contribution in [2.45, 2.75) is 0 Å². The molecule has 5 heteroatoms. The zero-order valence-corrected chi connectivity index (χ0v) is 5.66. The Morgan fingerprint density at radius 2 is 2.12 bits per heavy atom. The summed E-state index contributed by atoms with van der Waals surface area (Å²) in [5.41, 5.74) is 4.69. The third-order valence-corrected chi connectivity index (χ3v) is 1.05. The smallest absolute Gasteiger partial charge is 0.322 e. The summed E-state index contributed by atoms with van der Waals surface area (Å²) in [5, 5.41) is 0. The molecule has 0 bridgehead atoms. The van der Waals surface area contributed by atoms with Crippen molar-refractivity contribution in [2.75, 3.05) is 12.5 Å². The van der Waals surface area contributed by atoms with E-state index in [1.54, 1.807) is 0 Å². The lowest BCUT2D eigenvalue weighted by atomic mass is 11.2. The summed E-state index contributed by atoms with van der Waals surface area (Å²) in [5.74, 6) is 0. The molecule has 0 saturated carbocycles. The summed E-state index contributed by atoms with van der Waals surface area (Å²) in [6, 6.07) is -0.687. The van der Waals surface area contributed by atoms with Crippen molar-refractivity contribution in [1.29, 1.82) is 0 Å². The van der Waals surface area contributed by atoms with Gasteiger partial charge >= 0.3 is 6.03 Å². The van der Waals surface area contributed by atoms with Crippen LogP contribution in [0.15, 0.2) is 0 Å². The van der Waals surface area contributed by atoms with E-state index in [1.807, 2.05) is 0 Å². The molecule has 0 aliphatic rings. The van der Waals surface area contributed by atoms with E-state index in [-0.39, 0.29) is 0 Å². The summed E-state index contributed by atoms with van der Waals surface area (Å²) < 4.78 is 11.0. The zero-order valence-electron chi connectivity index (χ0n) is 4.84. The lowest BCUT2D eigenvalue weighted by molar-refractivity contribution is 0.253. The molecule has 0 unspecified atom stereocenters. The highest BCUT2D eigenvalue weighted by atomic mass is 32.3. The van der Waals surface area contributed by atoms with Crippen molar-refractivity contribution in [3.8, 4) is 0 Å². The first-order valence-electron chi connectivity index (χ1n) is 1.95. The average molecular weight is 138 g/mol. The molecular weight excluding hydrogens is 128 g/mol. The molecule has 4 N–H and O–H groups in total. The average Bonchev–Trinajstić information content (AvgIpc) is 1.21. The molecule has 0 aliphatic heterocycles. The quantitative estimate of drug-likeness (QED) is 0.481. The number of hydrogen-bond acceptors (Lipinski definition) is 2. The second kappa shape index (κ2) is 2.23. The Bertz CT molecular complexity index is 97.9. The van der Waals surface area contributed by atoms with Gasteiger partial charge in [0.05, 0.1) is 0 Å². The Morgan fingerprint density at radius 3 is 2.12 bits per heavy atom. The van der Waals surface area contributed by atoms with Crippen LogP contribution in [0, 0.1) is 0 Å². The molecule has 0 aliphatic carbocycles. The van der Waals surface area contributed by atoms with Gasteiger partial charge in [-0.05, 0) is 0 Å². The van der Waals surface area contributed by atoms with Gasteiger partial charge in [-0.15, -0.1) is 0 Å². The molecule has 0 heterocycles. The van der Waals surface area contributed by atoms with Crippen molar-refractivity contribution < 1.29 is 9.35 Å². The largest absolute Gasteiger partial charge is 0.351 e. The molecule has 0 radical (unpaired) electrons. The minimum Gasteiger partial charge on any atom is -0.351 e.